The Morgan fingerprint density at radius 3 is 2.68 bits per heavy atom. The van der Waals surface area contributed by atoms with Gasteiger partial charge in [0.1, 0.15) is 4.88 Å². The summed E-state index contributed by atoms with van der Waals surface area (Å²) in [5, 5.41) is 0.896. The van der Waals surface area contributed by atoms with E-state index in [9.17, 15) is 4.79 Å². The molecule has 0 bridgehead atoms. The molecule has 0 spiro atoms. The van der Waals surface area contributed by atoms with Crippen molar-refractivity contribution in [3.63, 3.8) is 0 Å². The number of methoxy groups -OCH3 is 1. The summed E-state index contributed by atoms with van der Waals surface area (Å²) < 4.78 is 5.09. The molecule has 19 heavy (non-hydrogen) atoms. The Morgan fingerprint density at radius 2 is 2.11 bits per heavy atom. The van der Waals surface area contributed by atoms with Crippen LogP contribution in [0.25, 0.3) is 0 Å². The molecule has 0 saturated carbocycles. The van der Waals surface area contributed by atoms with Crippen LogP contribution in [0.4, 0.5) is 5.13 Å². The molecule has 1 aliphatic heterocycles. The lowest BCUT2D eigenvalue weighted by atomic mass is 10.2. The smallest absolute Gasteiger partial charge is 0.277 e. The fourth-order valence-corrected chi connectivity index (χ4v) is 3.24. The van der Waals surface area contributed by atoms with Gasteiger partial charge in [-0.2, -0.15) is 0 Å². The molecule has 7 heteroatoms. The van der Waals surface area contributed by atoms with E-state index in [0.29, 0.717) is 17.2 Å². The highest BCUT2D eigenvalue weighted by atomic mass is 32.1. The SMILES string of the molecule is COCc1nc(N2CCCCCC2)sc1C(=O)NN. The largest absolute Gasteiger partial charge is 0.378 e. The van der Waals surface area contributed by atoms with Gasteiger partial charge in [-0.15, -0.1) is 0 Å². The van der Waals surface area contributed by atoms with E-state index in [4.69, 9.17) is 10.6 Å². The van der Waals surface area contributed by atoms with Gasteiger partial charge in [0.2, 0.25) is 0 Å². The number of aromatic nitrogens is 1. The second-order valence-electron chi connectivity index (χ2n) is 4.58. The van der Waals surface area contributed by atoms with Gasteiger partial charge in [-0.25, -0.2) is 10.8 Å². The van der Waals surface area contributed by atoms with Gasteiger partial charge in [0.25, 0.3) is 5.91 Å². The molecule has 2 heterocycles. The number of nitrogens with zero attached hydrogens (tertiary/aromatic N) is 2. The quantitative estimate of drug-likeness (QED) is 0.494. The number of hydrogen-bond acceptors (Lipinski definition) is 6. The number of nitrogens with one attached hydrogen (secondary N) is 1. The molecule has 1 aromatic heterocycles. The summed E-state index contributed by atoms with van der Waals surface area (Å²) in [5.41, 5.74) is 2.83. The van der Waals surface area contributed by atoms with Crippen LogP contribution in [0.1, 0.15) is 41.0 Å². The third-order valence-electron chi connectivity index (χ3n) is 3.18. The fraction of sp³-hybridized carbons (Fsp3) is 0.667. The van der Waals surface area contributed by atoms with Crippen molar-refractivity contribution in [2.75, 3.05) is 25.1 Å². The molecule has 1 aromatic rings. The number of nitrogen functional groups attached to an aromatic ring is 1. The van der Waals surface area contributed by atoms with Gasteiger partial charge in [0.05, 0.1) is 12.3 Å². The van der Waals surface area contributed by atoms with E-state index in [1.807, 2.05) is 0 Å². The van der Waals surface area contributed by atoms with Crippen molar-refractivity contribution in [3.8, 4) is 0 Å². The third-order valence-corrected chi connectivity index (χ3v) is 4.34. The van der Waals surface area contributed by atoms with Gasteiger partial charge >= 0.3 is 0 Å². The number of amides is 1. The molecule has 106 valence electrons. The summed E-state index contributed by atoms with van der Waals surface area (Å²) in [5.74, 6) is 4.91. The van der Waals surface area contributed by atoms with Gasteiger partial charge in [0.15, 0.2) is 5.13 Å². The number of carbonyl (C=O) groups is 1. The predicted molar refractivity (Wildman–Crippen MR) is 75.2 cm³/mol. The van der Waals surface area contributed by atoms with Gasteiger partial charge in [-0.05, 0) is 12.8 Å². The lowest BCUT2D eigenvalue weighted by Gasteiger charge is -2.18. The number of anilines is 1. The van der Waals surface area contributed by atoms with Crippen molar-refractivity contribution in [1.29, 1.82) is 0 Å². The van der Waals surface area contributed by atoms with Crippen molar-refractivity contribution in [2.45, 2.75) is 32.3 Å². The zero-order valence-corrected chi connectivity index (χ0v) is 12.0. The maximum atomic E-state index is 11.7. The van der Waals surface area contributed by atoms with Crippen molar-refractivity contribution in [3.05, 3.63) is 10.6 Å². The van der Waals surface area contributed by atoms with Crippen molar-refractivity contribution in [2.24, 2.45) is 5.84 Å². The summed E-state index contributed by atoms with van der Waals surface area (Å²) in [6.07, 6.45) is 4.89. The van der Waals surface area contributed by atoms with Crippen LogP contribution in [-0.4, -0.2) is 31.1 Å². The van der Waals surface area contributed by atoms with E-state index in [0.717, 1.165) is 18.2 Å². The van der Waals surface area contributed by atoms with Crippen LogP contribution >= 0.6 is 11.3 Å². The average molecular weight is 284 g/mol. The van der Waals surface area contributed by atoms with E-state index in [1.165, 1.54) is 37.0 Å². The number of carbonyl (C=O) groups excluding carboxylic acids is 1. The summed E-state index contributed by atoms with van der Waals surface area (Å²) in [4.78, 5) is 19.1. The number of hydrogen-bond donors (Lipinski definition) is 2. The molecule has 0 aliphatic carbocycles. The molecule has 1 fully saturated rings. The zero-order chi connectivity index (χ0) is 13.7. The molecule has 2 rings (SSSR count). The van der Waals surface area contributed by atoms with Crippen LogP contribution in [-0.2, 0) is 11.3 Å². The predicted octanol–water partition coefficient (Wildman–Crippen LogP) is 1.27. The first-order valence-corrected chi connectivity index (χ1v) is 7.32. The van der Waals surface area contributed by atoms with Gasteiger partial charge in [0, 0.05) is 20.2 Å². The highest BCUT2D eigenvalue weighted by Gasteiger charge is 2.21. The monoisotopic (exact) mass is 284 g/mol. The number of rotatable bonds is 4. The van der Waals surface area contributed by atoms with Gasteiger partial charge < -0.3 is 9.64 Å². The first-order chi connectivity index (χ1) is 9.26. The summed E-state index contributed by atoms with van der Waals surface area (Å²) in [6.45, 7) is 2.33. The number of hydrazine groups is 1. The van der Waals surface area contributed by atoms with E-state index in [-0.39, 0.29) is 5.91 Å². The summed E-state index contributed by atoms with van der Waals surface area (Å²) in [7, 11) is 1.59. The summed E-state index contributed by atoms with van der Waals surface area (Å²) in [6, 6.07) is 0. The molecule has 6 nitrogen and oxygen atoms in total. The second-order valence-corrected chi connectivity index (χ2v) is 5.56. The Bertz CT molecular complexity index is 427. The van der Waals surface area contributed by atoms with Crippen molar-refractivity contribution < 1.29 is 9.53 Å². The second kappa shape index (κ2) is 6.83. The van der Waals surface area contributed by atoms with Gasteiger partial charge in [-0.3, -0.25) is 10.2 Å². The molecule has 0 atom stereocenters. The molecule has 1 saturated heterocycles. The zero-order valence-electron chi connectivity index (χ0n) is 11.1. The molecule has 1 amide bonds. The van der Waals surface area contributed by atoms with Crippen molar-refractivity contribution in [1.82, 2.24) is 10.4 Å². The Hall–Kier alpha value is -1.18. The minimum absolute atomic E-state index is 0.300. The third kappa shape index (κ3) is 3.43. The molecule has 3 N–H and O–H groups in total. The highest BCUT2D eigenvalue weighted by Crippen LogP contribution is 2.28. The Kier molecular flexibility index (Phi) is 5.12. The maximum absolute atomic E-state index is 11.7. The lowest BCUT2D eigenvalue weighted by Crippen LogP contribution is -2.30. The summed E-state index contributed by atoms with van der Waals surface area (Å²) >= 11 is 1.39. The molecular formula is C12H20N4O2S. The fourth-order valence-electron chi connectivity index (χ4n) is 2.21. The van der Waals surface area contributed by atoms with E-state index >= 15 is 0 Å². The number of ether oxygens (including phenoxy) is 1. The maximum Gasteiger partial charge on any atom is 0.277 e. The van der Waals surface area contributed by atoms with E-state index in [1.54, 1.807) is 7.11 Å². The molecule has 0 radical (unpaired) electrons. The van der Waals surface area contributed by atoms with Crippen LogP contribution in [0, 0.1) is 0 Å². The number of nitrogens with two attached hydrogens (primary N) is 1. The normalized spacial score (nSPS) is 16.2. The van der Waals surface area contributed by atoms with E-state index in [2.05, 4.69) is 15.3 Å². The van der Waals surface area contributed by atoms with E-state index < -0.39 is 0 Å². The van der Waals surface area contributed by atoms with Gasteiger partial charge in [-0.1, -0.05) is 24.2 Å². The Morgan fingerprint density at radius 1 is 1.42 bits per heavy atom. The molecule has 1 aliphatic rings. The molecule has 0 unspecified atom stereocenters. The van der Waals surface area contributed by atoms with Crippen LogP contribution in [0.5, 0.6) is 0 Å². The Balaban J connectivity index is 2.22. The molecule has 0 aromatic carbocycles. The van der Waals surface area contributed by atoms with Crippen LogP contribution in [0.3, 0.4) is 0 Å². The minimum atomic E-state index is -0.300. The Labute approximate surface area is 116 Å². The average Bonchev–Trinajstić information content (AvgIpc) is 2.65. The van der Waals surface area contributed by atoms with Crippen LogP contribution in [0.15, 0.2) is 0 Å². The van der Waals surface area contributed by atoms with Crippen LogP contribution in [0.2, 0.25) is 0 Å². The standard InChI is InChI=1S/C12H20N4O2S/c1-18-8-9-10(11(17)15-13)19-12(14-9)16-6-4-2-3-5-7-16/h2-8,13H2,1H3,(H,15,17). The first kappa shape index (κ1) is 14.2. The van der Waals surface area contributed by atoms with Crippen LogP contribution < -0.4 is 16.2 Å². The first-order valence-electron chi connectivity index (χ1n) is 6.50. The number of thiazole rings is 1. The molecular weight excluding hydrogens is 264 g/mol. The van der Waals surface area contributed by atoms with Crippen molar-refractivity contribution >= 4 is 22.4 Å². The topological polar surface area (TPSA) is 80.5 Å². The minimum Gasteiger partial charge on any atom is -0.378 e. The highest BCUT2D eigenvalue weighted by molar-refractivity contribution is 7.17. The lowest BCUT2D eigenvalue weighted by molar-refractivity contribution is 0.0952.